The molecule has 3 rings (SSSR count). The van der Waals surface area contributed by atoms with E-state index in [4.69, 9.17) is 0 Å². The number of nitrogens with zero attached hydrogens (tertiary/aromatic N) is 2. The van der Waals surface area contributed by atoms with Gasteiger partial charge >= 0.3 is 11.9 Å². The lowest BCUT2D eigenvalue weighted by Gasteiger charge is -2.11. The highest BCUT2D eigenvalue weighted by molar-refractivity contribution is 5.99. The van der Waals surface area contributed by atoms with E-state index in [2.05, 4.69) is 9.68 Å². The smallest absolute Gasteiger partial charge is 0.367 e. The quantitative estimate of drug-likeness (QED) is 0.332. The minimum absolute atomic E-state index is 0.360. The van der Waals surface area contributed by atoms with Gasteiger partial charge in [-0.05, 0) is 12.1 Å². The van der Waals surface area contributed by atoms with Gasteiger partial charge in [0.15, 0.2) is 11.5 Å². The van der Waals surface area contributed by atoms with E-state index in [1.165, 1.54) is 0 Å². The number of benzene rings is 1. The summed E-state index contributed by atoms with van der Waals surface area (Å²) < 4.78 is 0.719. The van der Waals surface area contributed by atoms with Crippen LogP contribution in [0, 0.1) is 0 Å². The molecule has 0 radical (unpaired) electrons. The van der Waals surface area contributed by atoms with E-state index in [9.17, 15) is 40.2 Å². The van der Waals surface area contributed by atoms with Crippen molar-refractivity contribution in [1.29, 1.82) is 0 Å². The zero-order chi connectivity index (χ0) is 20.6. The maximum absolute atomic E-state index is 12.1. The first-order valence-electron chi connectivity index (χ1n) is 7.40. The first-order chi connectivity index (χ1) is 13.2. The maximum atomic E-state index is 12.1. The van der Waals surface area contributed by atoms with Gasteiger partial charge < -0.3 is 40.3 Å². The molecule has 0 aliphatic rings. The van der Waals surface area contributed by atoms with E-state index in [0.717, 1.165) is 36.4 Å². The normalized spacial score (nSPS) is 10.6. The summed E-state index contributed by atoms with van der Waals surface area (Å²) in [6.07, 6.45) is 0. The summed E-state index contributed by atoms with van der Waals surface area (Å²) in [7, 11) is 0. The molecule has 0 atom stereocenters. The average molecular weight is 392 g/mol. The molecule has 3 aromatic rings. The molecule has 146 valence electrons. The summed E-state index contributed by atoms with van der Waals surface area (Å²) in [6, 6.07) is 5.94. The van der Waals surface area contributed by atoms with E-state index in [1.54, 1.807) is 0 Å². The Bertz CT molecular complexity index is 957. The zero-order valence-electron chi connectivity index (χ0n) is 13.7. The summed E-state index contributed by atoms with van der Waals surface area (Å²) in [5.74, 6) is -7.10. The largest absolute Gasteiger partial charge is 0.504 e. The van der Waals surface area contributed by atoms with Crippen LogP contribution in [-0.2, 0) is 0 Å². The predicted molar refractivity (Wildman–Crippen MR) is 87.1 cm³/mol. The Labute approximate surface area is 154 Å². The second-order valence-corrected chi connectivity index (χ2v) is 5.30. The van der Waals surface area contributed by atoms with E-state index < -0.39 is 58.1 Å². The molecule has 0 aliphatic carbocycles. The van der Waals surface area contributed by atoms with Gasteiger partial charge in [0.2, 0.25) is 23.5 Å². The van der Waals surface area contributed by atoms with Gasteiger partial charge in [0.05, 0.1) is 0 Å². The Kier molecular flexibility index (Phi) is 4.37. The van der Waals surface area contributed by atoms with Gasteiger partial charge in [-0.15, -0.1) is 9.46 Å². The second-order valence-electron chi connectivity index (χ2n) is 5.30. The number of phenolic OH excluding ortho intramolecular Hbond substituents is 2. The van der Waals surface area contributed by atoms with Crippen molar-refractivity contribution in [2.45, 2.75) is 0 Å². The highest BCUT2D eigenvalue weighted by atomic mass is 16.7. The van der Waals surface area contributed by atoms with Crippen molar-refractivity contribution in [3.05, 3.63) is 47.5 Å². The molecule has 0 aliphatic heterocycles. The van der Waals surface area contributed by atoms with Gasteiger partial charge in [0.25, 0.3) is 0 Å². The fourth-order valence-electron chi connectivity index (χ4n) is 2.16. The van der Waals surface area contributed by atoms with Crippen molar-refractivity contribution in [3.63, 3.8) is 0 Å². The third-order valence-electron chi connectivity index (χ3n) is 3.53. The summed E-state index contributed by atoms with van der Waals surface area (Å²) in [6.45, 7) is 0. The highest BCUT2D eigenvalue weighted by Gasteiger charge is 2.25. The molecular weight excluding hydrogens is 380 g/mol. The molecule has 0 saturated heterocycles. The van der Waals surface area contributed by atoms with Crippen molar-refractivity contribution < 1.29 is 49.9 Å². The molecular formula is C16H12N2O10. The Morgan fingerprint density at radius 3 is 1.14 bits per heavy atom. The first kappa shape index (κ1) is 18.3. The van der Waals surface area contributed by atoms with Crippen molar-refractivity contribution in [1.82, 2.24) is 9.46 Å². The van der Waals surface area contributed by atoms with Crippen molar-refractivity contribution >= 4 is 11.9 Å². The van der Waals surface area contributed by atoms with Crippen molar-refractivity contribution in [2.75, 3.05) is 0 Å². The van der Waals surface area contributed by atoms with Crippen LogP contribution in [0.15, 0.2) is 36.4 Å². The Balaban J connectivity index is 1.86. The summed E-state index contributed by atoms with van der Waals surface area (Å²) >= 11 is 0. The Morgan fingerprint density at radius 2 is 0.857 bits per heavy atom. The molecule has 2 heterocycles. The highest BCUT2D eigenvalue weighted by Crippen LogP contribution is 2.34. The third kappa shape index (κ3) is 3.05. The molecule has 0 unspecified atom stereocenters. The summed E-state index contributed by atoms with van der Waals surface area (Å²) in [5.41, 5.74) is -1.21. The molecule has 2 aromatic heterocycles. The fourth-order valence-corrected chi connectivity index (χ4v) is 2.16. The van der Waals surface area contributed by atoms with Gasteiger partial charge in [-0.3, -0.25) is 0 Å². The zero-order valence-corrected chi connectivity index (χ0v) is 13.7. The van der Waals surface area contributed by atoms with Crippen LogP contribution >= 0.6 is 0 Å². The molecule has 1 aromatic carbocycles. The number of phenols is 2. The van der Waals surface area contributed by atoms with Crippen LogP contribution in [-0.4, -0.2) is 52.0 Å². The SMILES string of the molecule is O=C(On1c(O)ccc1O)c1ccc(C(=O)On2c(O)ccc2O)c(O)c1O. The van der Waals surface area contributed by atoms with Crippen LogP contribution in [0.25, 0.3) is 0 Å². The molecule has 12 nitrogen and oxygen atoms in total. The van der Waals surface area contributed by atoms with E-state index in [0.29, 0.717) is 9.46 Å². The van der Waals surface area contributed by atoms with Crippen LogP contribution in [0.1, 0.15) is 20.7 Å². The molecule has 6 N–H and O–H groups in total. The van der Waals surface area contributed by atoms with Gasteiger partial charge in [-0.25, -0.2) is 9.59 Å². The minimum Gasteiger partial charge on any atom is -0.504 e. The molecule has 28 heavy (non-hydrogen) atoms. The Hall–Kier alpha value is -4.48. The summed E-state index contributed by atoms with van der Waals surface area (Å²) in [4.78, 5) is 33.5. The van der Waals surface area contributed by atoms with Gasteiger partial charge in [0.1, 0.15) is 11.1 Å². The number of rotatable bonds is 4. The van der Waals surface area contributed by atoms with Crippen LogP contribution < -0.4 is 9.68 Å². The number of aromatic hydroxyl groups is 6. The molecule has 0 spiro atoms. The third-order valence-corrected chi connectivity index (χ3v) is 3.53. The average Bonchev–Trinajstić information content (AvgIpc) is 3.13. The number of hydrogen-bond acceptors (Lipinski definition) is 10. The van der Waals surface area contributed by atoms with Crippen molar-refractivity contribution in [3.8, 4) is 35.0 Å². The maximum Gasteiger partial charge on any atom is 0.367 e. The van der Waals surface area contributed by atoms with E-state index in [1.807, 2.05) is 0 Å². The number of aromatic nitrogens is 2. The number of hydrogen-bond donors (Lipinski definition) is 6. The number of carbonyl (C=O) groups excluding carboxylic acids is 2. The summed E-state index contributed by atoms with van der Waals surface area (Å²) in [5, 5.41) is 57.8. The lowest BCUT2D eigenvalue weighted by Crippen LogP contribution is -2.21. The molecule has 12 heteroatoms. The fraction of sp³-hybridized carbons (Fsp3) is 0. The number of carbonyl (C=O) groups is 2. The molecule has 0 saturated carbocycles. The van der Waals surface area contributed by atoms with Crippen LogP contribution in [0.2, 0.25) is 0 Å². The molecule has 0 fully saturated rings. The Morgan fingerprint density at radius 1 is 0.571 bits per heavy atom. The second kappa shape index (κ2) is 6.68. The van der Waals surface area contributed by atoms with Crippen molar-refractivity contribution in [2.24, 2.45) is 0 Å². The monoisotopic (exact) mass is 392 g/mol. The van der Waals surface area contributed by atoms with E-state index in [-0.39, 0.29) is 0 Å². The predicted octanol–water partition coefficient (Wildman–Crippen LogP) is 0.0612. The van der Waals surface area contributed by atoms with E-state index >= 15 is 0 Å². The van der Waals surface area contributed by atoms with Gasteiger partial charge in [0, 0.05) is 24.3 Å². The minimum atomic E-state index is -1.28. The standard InChI is InChI=1S/C16H12N2O10/c19-9-3-4-10(20)17(9)27-15(25)7-1-2-8(14(24)13(7)23)16(26)28-18-11(21)5-6-12(18)22/h1-6,19-24H. The van der Waals surface area contributed by atoms with Crippen LogP contribution in [0.3, 0.4) is 0 Å². The first-order valence-corrected chi connectivity index (χ1v) is 7.40. The van der Waals surface area contributed by atoms with Gasteiger partial charge in [-0.2, -0.15) is 0 Å². The topological polar surface area (TPSA) is 184 Å². The van der Waals surface area contributed by atoms with Gasteiger partial charge in [-0.1, -0.05) is 0 Å². The van der Waals surface area contributed by atoms with Crippen LogP contribution in [0.4, 0.5) is 0 Å². The lowest BCUT2D eigenvalue weighted by atomic mass is 10.1. The van der Waals surface area contributed by atoms with Crippen LogP contribution in [0.5, 0.6) is 35.0 Å². The lowest BCUT2D eigenvalue weighted by molar-refractivity contribution is 0.0365. The molecule has 0 bridgehead atoms. The molecule has 0 amide bonds.